The Bertz CT molecular complexity index is 689. The SMILES string of the molecule is CC(C)C[C@H](NC(=O)CCC(NC(=O)CN1CCOCC1)c1ccccc1)C(=O)O. The molecule has 2 amide bonds. The third-order valence-corrected chi connectivity index (χ3v) is 5.01. The summed E-state index contributed by atoms with van der Waals surface area (Å²) in [7, 11) is 0. The monoisotopic (exact) mass is 419 g/mol. The number of ether oxygens (including phenoxy) is 1. The largest absolute Gasteiger partial charge is 0.480 e. The summed E-state index contributed by atoms with van der Waals surface area (Å²) < 4.78 is 5.31. The average Bonchev–Trinajstić information content (AvgIpc) is 2.71. The fraction of sp³-hybridized carbons (Fsp3) is 0.591. The minimum absolute atomic E-state index is 0.102. The van der Waals surface area contributed by atoms with Gasteiger partial charge in [0.1, 0.15) is 6.04 Å². The zero-order valence-electron chi connectivity index (χ0n) is 17.8. The fourth-order valence-electron chi connectivity index (χ4n) is 3.44. The first-order valence-corrected chi connectivity index (χ1v) is 10.5. The predicted molar refractivity (Wildman–Crippen MR) is 113 cm³/mol. The molecule has 0 spiro atoms. The molecule has 1 aliphatic rings. The number of carboxylic acids is 1. The van der Waals surface area contributed by atoms with E-state index in [9.17, 15) is 19.5 Å². The highest BCUT2D eigenvalue weighted by Crippen LogP contribution is 2.19. The van der Waals surface area contributed by atoms with Gasteiger partial charge in [0.2, 0.25) is 11.8 Å². The number of rotatable bonds is 11. The second-order valence-corrected chi connectivity index (χ2v) is 8.05. The summed E-state index contributed by atoms with van der Waals surface area (Å²) in [5.41, 5.74) is 0.914. The molecule has 1 saturated heterocycles. The van der Waals surface area contributed by atoms with Crippen LogP contribution in [-0.4, -0.2) is 66.7 Å². The average molecular weight is 420 g/mol. The third-order valence-electron chi connectivity index (χ3n) is 5.01. The van der Waals surface area contributed by atoms with Crippen LogP contribution >= 0.6 is 0 Å². The molecule has 3 N–H and O–H groups in total. The standard InChI is InChI=1S/C22H33N3O5/c1-16(2)14-19(22(28)29)24-20(26)9-8-18(17-6-4-3-5-7-17)23-21(27)15-25-10-12-30-13-11-25/h3-7,16,18-19H,8-15H2,1-2H3,(H,23,27)(H,24,26)(H,28,29)/t18?,19-/m0/s1. The molecule has 0 saturated carbocycles. The van der Waals surface area contributed by atoms with Crippen molar-refractivity contribution in [3.8, 4) is 0 Å². The maximum atomic E-state index is 12.6. The van der Waals surface area contributed by atoms with E-state index < -0.39 is 12.0 Å². The van der Waals surface area contributed by atoms with E-state index in [1.54, 1.807) is 0 Å². The first-order valence-electron chi connectivity index (χ1n) is 10.5. The number of aliphatic carboxylic acids is 1. The Morgan fingerprint density at radius 2 is 1.73 bits per heavy atom. The summed E-state index contributed by atoms with van der Waals surface area (Å²) in [6.45, 7) is 6.80. The molecule has 8 heteroatoms. The molecule has 1 heterocycles. The van der Waals surface area contributed by atoms with E-state index in [-0.39, 0.29) is 36.7 Å². The molecule has 0 bridgehead atoms. The molecule has 0 radical (unpaired) electrons. The molecule has 0 aliphatic carbocycles. The lowest BCUT2D eigenvalue weighted by atomic mass is 10.0. The van der Waals surface area contributed by atoms with Gasteiger partial charge in [0.05, 0.1) is 25.8 Å². The summed E-state index contributed by atoms with van der Waals surface area (Å²) in [6.07, 6.45) is 0.886. The van der Waals surface area contributed by atoms with Gasteiger partial charge in [-0.2, -0.15) is 0 Å². The molecule has 1 fully saturated rings. The van der Waals surface area contributed by atoms with Gasteiger partial charge in [0.15, 0.2) is 0 Å². The van der Waals surface area contributed by atoms with Crippen molar-refractivity contribution in [1.82, 2.24) is 15.5 Å². The second kappa shape index (κ2) is 12.3. The minimum atomic E-state index is -1.03. The van der Waals surface area contributed by atoms with Crippen molar-refractivity contribution in [2.75, 3.05) is 32.8 Å². The van der Waals surface area contributed by atoms with E-state index in [2.05, 4.69) is 10.6 Å². The van der Waals surface area contributed by atoms with Gasteiger partial charge in [0, 0.05) is 19.5 Å². The lowest BCUT2D eigenvalue weighted by molar-refractivity contribution is -0.142. The van der Waals surface area contributed by atoms with Gasteiger partial charge in [0.25, 0.3) is 0 Å². The summed E-state index contributed by atoms with van der Waals surface area (Å²) in [5.74, 6) is -1.31. The molecule has 30 heavy (non-hydrogen) atoms. The molecule has 1 aromatic carbocycles. The van der Waals surface area contributed by atoms with Crippen LogP contribution in [0.25, 0.3) is 0 Å². The molecule has 2 atom stereocenters. The Morgan fingerprint density at radius 1 is 1.07 bits per heavy atom. The Balaban J connectivity index is 1.93. The molecule has 8 nitrogen and oxygen atoms in total. The molecule has 1 unspecified atom stereocenters. The smallest absolute Gasteiger partial charge is 0.326 e. The number of benzene rings is 1. The second-order valence-electron chi connectivity index (χ2n) is 8.05. The molecule has 0 aromatic heterocycles. The topological polar surface area (TPSA) is 108 Å². The number of carbonyl (C=O) groups is 3. The van der Waals surface area contributed by atoms with Crippen molar-refractivity contribution in [2.45, 2.75) is 45.2 Å². The summed E-state index contributed by atoms with van der Waals surface area (Å²) >= 11 is 0. The Labute approximate surface area is 178 Å². The first-order chi connectivity index (χ1) is 14.3. The fourth-order valence-corrected chi connectivity index (χ4v) is 3.44. The summed E-state index contributed by atoms with van der Waals surface area (Å²) in [5, 5.41) is 14.9. The van der Waals surface area contributed by atoms with Gasteiger partial charge in [-0.25, -0.2) is 4.79 Å². The number of carboxylic acid groups (broad SMARTS) is 1. The van der Waals surface area contributed by atoms with Crippen LogP contribution in [0.5, 0.6) is 0 Å². The quantitative estimate of drug-likeness (QED) is 0.503. The van der Waals surface area contributed by atoms with Crippen LogP contribution < -0.4 is 10.6 Å². The van der Waals surface area contributed by atoms with Crippen LogP contribution in [0.2, 0.25) is 0 Å². The van der Waals surface area contributed by atoms with Crippen molar-refractivity contribution in [2.24, 2.45) is 5.92 Å². The summed E-state index contributed by atoms with van der Waals surface area (Å²) in [6, 6.07) is 8.28. The van der Waals surface area contributed by atoms with E-state index in [4.69, 9.17) is 4.74 Å². The normalized spacial score (nSPS) is 16.6. The zero-order chi connectivity index (χ0) is 21.9. The van der Waals surface area contributed by atoms with Crippen LogP contribution in [0, 0.1) is 5.92 Å². The van der Waals surface area contributed by atoms with Gasteiger partial charge in [-0.05, 0) is 24.3 Å². The van der Waals surface area contributed by atoms with Crippen molar-refractivity contribution < 1.29 is 24.2 Å². The number of amides is 2. The van der Waals surface area contributed by atoms with Crippen molar-refractivity contribution in [3.05, 3.63) is 35.9 Å². The van der Waals surface area contributed by atoms with Crippen LogP contribution in [0.1, 0.15) is 44.7 Å². The van der Waals surface area contributed by atoms with Crippen molar-refractivity contribution in [1.29, 1.82) is 0 Å². The van der Waals surface area contributed by atoms with E-state index in [0.29, 0.717) is 26.1 Å². The van der Waals surface area contributed by atoms with Gasteiger partial charge in [-0.15, -0.1) is 0 Å². The molecule has 2 rings (SSSR count). The minimum Gasteiger partial charge on any atom is -0.480 e. The van der Waals surface area contributed by atoms with Crippen molar-refractivity contribution in [3.63, 3.8) is 0 Å². The van der Waals surface area contributed by atoms with E-state index >= 15 is 0 Å². The predicted octanol–water partition coefficient (Wildman–Crippen LogP) is 1.57. The lowest BCUT2D eigenvalue weighted by Gasteiger charge is -2.27. The van der Waals surface area contributed by atoms with Crippen molar-refractivity contribution >= 4 is 17.8 Å². The third kappa shape index (κ3) is 8.51. The van der Waals surface area contributed by atoms with Crippen LogP contribution in [-0.2, 0) is 19.1 Å². The van der Waals surface area contributed by atoms with Crippen LogP contribution in [0.15, 0.2) is 30.3 Å². The molecule has 1 aliphatic heterocycles. The highest BCUT2D eigenvalue weighted by Gasteiger charge is 2.23. The molecule has 1 aromatic rings. The maximum absolute atomic E-state index is 12.6. The zero-order valence-corrected chi connectivity index (χ0v) is 17.8. The Morgan fingerprint density at radius 3 is 2.33 bits per heavy atom. The number of morpholine rings is 1. The van der Waals surface area contributed by atoms with E-state index in [1.807, 2.05) is 49.1 Å². The van der Waals surface area contributed by atoms with E-state index in [0.717, 1.165) is 18.7 Å². The first kappa shape index (κ1) is 23.8. The Hall–Kier alpha value is -2.45. The van der Waals surface area contributed by atoms with Crippen LogP contribution in [0.4, 0.5) is 0 Å². The lowest BCUT2D eigenvalue weighted by Crippen LogP contribution is -2.44. The number of nitrogens with one attached hydrogen (secondary N) is 2. The highest BCUT2D eigenvalue weighted by atomic mass is 16.5. The van der Waals surface area contributed by atoms with Gasteiger partial charge >= 0.3 is 5.97 Å². The number of carbonyl (C=O) groups excluding carboxylic acids is 2. The van der Waals surface area contributed by atoms with Gasteiger partial charge in [-0.3, -0.25) is 14.5 Å². The highest BCUT2D eigenvalue weighted by molar-refractivity contribution is 5.83. The van der Waals surface area contributed by atoms with E-state index in [1.165, 1.54) is 0 Å². The Kier molecular flexibility index (Phi) is 9.76. The molecular formula is C22H33N3O5. The van der Waals surface area contributed by atoms with Gasteiger partial charge < -0.3 is 20.5 Å². The number of nitrogens with zero attached hydrogens (tertiary/aromatic N) is 1. The number of hydrogen-bond donors (Lipinski definition) is 3. The number of hydrogen-bond acceptors (Lipinski definition) is 5. The van der Waals surface area contributed by atoms with Crippen LogP contribution in [0.3, 0.4) is 0 Å². The molecular weight excluding hydrogens is 386 g/mol. The summed E-state index contributed by atoms with van der Waals surface area (Å²) in [4.78, 5) is 38.3. The maximum Gasteiger partial charge on any atom is 0.326 e. The van der Waals surface area contributed by atoms with Gasteiger partial charge in [-0.1, -0.05) is 44.2 Å². The molecule has 166 valence electrons.